The lowest BCUT2D eigenvalue weighted by molar-refractivity contribution is -0.286. The molecule has 2 aliphatic carbocycles. The normalized spacial score (nSPS) is 27.5. The third kappa shape index (κ3) is 4.85. The largest absolute Gasteiger partial charge is 0.586 e. The summed E-state index contributed by atoms with van der Waals surface area (Å²) in [6.45, 7) is 0. The molecule has 6 rings (SSSR count). The van der Waals surface area contributed by atoms with Crippen molar-refractivity contribution in [3.05, 3.63) is 47.5 Å². The molecular formula is C29H31F2NO7. The topological polar surface area (TPSA) is 92.3 Å². The second kappa shape index (κ2) is 9.57. The van der Waals surface area contributed by atoms with Crippen LogP contribution in [0.5, 0.6) is 23.0 Å². The molecule has 39 heavy (non-hydrogen) atoms. The number of methoxy groups -OCH3 is 2. The zero-order chi connectivity index (χ0) is 27.4. The van der Waals surface area contributed by atoms with Crippen LogP contribution < -0.4 is 24.3 Å². The van der Waals surface area contributed by atoms with E-state index in [-0.39, 0.29) is 41.3 Å². The van der Waals surface area contributed by atoms with Gasteiger partial charge in [0.25, 0.3) is 0 Å². The molecule has 10 heteroatoms. The summed E-state index contributed by atoms with van der Waals surface area (Å²) in [6.07, 6.45) is 1.10. The second-order valence-corrected chi connectivity index (χ2v) is 10.9. The summed E-state index contributed by atoms with van der Waals surface area (Å²) >= 11 is 0. The Morgan fingerprint density at radius 1 is 0.974 bits per heavy atom. The minimum Gasteiger partial charge on any atom is -0.497 e. The summed E-state index contributed by atoms with van der Waals surface area (Å²) in [6, 6.07) is 10.1. The van der Waals surface area contributed by atoms with Gasteiger partial charge in [-0.3, -0.25) is 9.59 Å². The van der Waals surface area contributed by atoms with Gasteiger partial charge in [-0.1, -0.05) is 18.6 Å². The highest BCUT2D eigenvalue weighted by molar-refractivity contribution is 5.86. The molecule has 2 aliphatic heterocycles. The number of ether oxygens (including phenoxy) is 5. The molecule has 2 fully saturated rings. The second-order valence-electron chi connectivity index (χ2n) is 10.9. The first-order valence-corrected chi connectivity index (χ1v) is 13.3. The van der Waals surface area contributed by atoms with E-state index < -0.39 is 17.8 Å². The predicted molar refractivity (Wildman–Crippen MR) is 134 cm³/mol. The van der Waals surface area contributed by atoms with Gasteiger partial charge in [0.15, 0.2) is 11.5 Å². The van der Waals surface area contributed by atoms with Crippen LogP contribution in [0.1, 0.15) is 62.0 Å². The Bertz CT molecular complexity index is 1290. The molecule has 2 heterocycles. The van der Waals surface area contributed by atoms with Crippen molar-refractivity contribution in [2.24, 2.45) is 11.8 Å². The van der Waals surface area contributed by atoms with Crippen molar-refractivity contribution in [3.63, 3.8) is 0 Å². The Hall–Kier alpha value is -3.56. The van der Waals surface area contributed by atoms with Crippen molar-refractivity contribution in [3.8, 4) is 23.0 Å². The number of alkyl halides is 2. The number of benzene rings is 2. The Morgan fingerprint density at radius 2 is 1.77 bits per heavy atom. The number of fused-ring (bicyclic) bond motifs is 2. The minimum atomic E-state index is -3.70. The number of carbonyl (C=O) groups is 2. The number of rotatable bonds is 6. The molecule has 2 unspecified atom stereocenters. The fourth-order valence-electron chi connectivity index (χ4n) is 6.27. The molecule has 0 spiro atoms. The molecule has 4 atom stereocenters. The minimum absolute atomic E-state index is 0.0289. The van der Waals surface area contributed by atoms with Gasteiger partial charge in [0.05, 0.1) is 31.6 Å². The lowest BCUT2D eigenvalue weighted by atomic mass is 9.75. The van der Waals surface area contributed by atoms with Crippen LogP contribution in [0.4, 0.5) is 8.78 Å². The van der Waals surface area contributed by atoms with E-state index in [1.807, 2.05) is 12.1 Å². The summed E-state index contributed by atoms with van der Waals surface area (Å²) in [7, 11) is 2.98. The zero-order valence-electron chi connectivity index (χ0n) is 21.8. The quantitative estimate of drug-likeness (QED) is 0.511. The highest BCUT2D eigenvalue weighted by Crippen LogP contribution is 2.51. The summed E-state index contributed by atoms with van der Waals surface area (Å²) in [5, 5.41) is 3.21. The number of esters is 1. The number of halogens is 2. The van der Waals surface area contributed by atoms with E-state index in [2.05, 4.69) is 14.8 Å². The molecule has 2 aromatic rings. The van der Waals surface area contributed by atoms with E-state index in [1.165, 1.54) is 19.2 Å². The van der Waals surface area contributed by atoms with Crippen molar-refractivity contribution >= 4 is 11.9 Å². The summed E-state index contributed by atoms with van der Waals surface area (Å²) in [5.74, 6) is 0.227. The van der Waals surface area contributed by atoms with Crippen molar-refractivity contribution < 1.29 is 42.1 Å². The van der Waals surface area contributed by atoms with Crippen molar-refractivity contribution in [1.82, 2.24) is 5.32 Å². The van der Waals surface area contributed by atoms with Crippen LogP contribution in [0, 0.1) is 11.8 Å². The fraction of sp³-hybridized carbons (Fsp3) is 0.517. The van der Waals surface area contributed by atoms with Crippen LogP contribution in [0.15, 0.2) is 36.4 Å². The molecule has 0 saturated heterocycles. The molecule has 8 nitrogen and oxygen atoms in total. The number of hydrogen-bond acceptors (Lipinski definition) is 7. The third-order valence-electron chi connectivity index (χ3n) is 8.50. The monoisotopic (exact) mass is 543 g/mol. The highest BCUT2D eigenvalue weighted by atomic mass is 19.3. The van der Waals surface area contributed by atoms with Crippen LogP contribution in [0.2, 0.25) is 0 Å². The van der Waals surface area contributed by atoms with Gasteiger partial charge in [-0.05, 0) is 61.8 Å². The van der Waals surface area contributed by atoms with Gasteiger partial charge in [-0.15, -0.1) is 8.78 Å². The van der Waals surface area contributed by atoms with Crippen LogP contribution in [0.3, 0.4) is 0 Å². The Labute approximate surface area is 224 Å². The molecule has 4 aliphatic rings. The van der Waals surface area contributed by atoms with Gasteiger partial charge in [0.1, 0.15) is 17.6 Å². The van der Waals surface area contributed by atoms with E-state index in [9.17, 15) is 18.4 Å². The van der Waals surface area contributed by atoms with Crippen LogP contribution in [-0.2, 0) is 19.9 Å². The Balaban J connectivity index is 1.25. The van der Waals surface area contributed by atoms with Crippen molar-refractivity contribution in [2.75, 3.05) is 14.2 Å². The van der Waals surface area contributed by atoms with E-state index in [0.717, 1.165) is 24.8 Å². The summed E-state index contributed by atoms with van der Waals surface area (Å²) < 4.78 is 53.1. The average Bonchev–Trinajstić information content (AvgIpc) is 3.65. The fourth-order valence-corrected chi connectivity index (χ4v) is 6.27. The lowest BCUT2D eigenvalue weighted by Gasteiger charge is -2.39. The smallest absolute Gasteiger partial charge is 0.497 e. The van der Waals surface area contributed by atoms with Crippen LogP contribution >= 0.6 is 0 Å². The number of amides is 1. The maximum absolute atomic E-state index is 13.9. The van der Waals surface area contributed by atoms with Crippen LogP contribution in [0.25, 0.3) is 0 Å². The first-order valence-electron chi connectivity index (χ1n) is 13.3. The van der Waals surface area contributed by atoms with E-state index in [1.54, 1.807) is 19.2 Å². The van der Waals surface area contributed by atoms with Crippen molar-refractivity contribution in [1.29, 1.82) is 0 Å². The first-order chi connectivity index (χ1) is 18.7. The summed E-state index contributed by atoms with van der Waals surface area (Å²) in [4.78, 5) is 26.1. The van der Waals surface area contributed by atoms with Gasteiger partial charge in [0.2, 0.25) is 5.91 Å². The molecule has 0 radical (unpaired) electrons. The van der Waals surface area contributed by atoms with Gasteiger partial charge < -0.3 is 29.0 Å². The maximum atomic E-state index is 13.9. The molecule has 1 N–H and O–H groups in total. The Morgan fingerprint density at radius 3 is 2.51 bits per heavy atom. The van der Waals surface area contributed by atoms with E-state index in [4.69, 9.17) is 14.2 Å². The molecule has 2 aromatic carbocycles. The van der Waals surface area contributed by atoms with Gasteiger partial charge in [-0.25, -0.2) is 0 Å². The van der Waals surface area contributed by atoms with Gasteiger partial charge in [0, 0.05) is 18.1 Å². The van der Waals surface area contributed by atoms with Crippen molar-refractivity contribution in [2.45, 2.75) is 68.8 Å². The standard InChI is InChI=1S/C29H31F2NO7/c1-35-19-7-8-20-21(15-23(37-24(20)14-19)16-4-3-5-17(12-16)27(34)36-2)26(33)32-28(10-11-28)18-6-9-22-25(13-18)39-29(30,31)38-22/h6-9,13-14,16-17,21,23H,3-5,10-12,15H2,1-2H3,(H,32,33)/t16?,17?,21-,23-/m1/s1. The maximum Gasteiger partial charge on any atom is 0.586 e. The highest BCUT2D eigenvalue weighted by Gasteiger charge is 2.50. The molecule has 2 saturated carbocycles. The summed E-state index contributed by atoms with van der Waals surface area (Å²) in [5.41, 5.74) is 0.808. The third-order valence-corrected chi connectivity index (χ3v) is 8.50. The first kappa shape index (κ1) is 25.7. The molecule has 0 bridgehead atoms. The number of nitrogens with one attached hydrogen (secondary N) is 1. The molecular weight excluding hydrogens is 512 g/mol. The van der Waals surface area contributed by atoms with Gasteiger partial charge in [-0.2, -0.15) is 0 Å². The van der Waals surface area contributed by atoms with E-state index >= 15 is 0 Å². The average molecular weight is 544 g/mol. The predicted octanol–water partition coefficient (Wildman–Crippen LogP) is 5.04. The molecule has 0 aromatic heterocycles. The number of carbonyl (C=O) groups excluding carboxylic acids is 2. The van der Waals surface area contributed by atoms with Gasteiger partial charge >= 0.3 is 12.3 Å². The SMILES string of the molecule is COC(=O)C1CCCC([C@H]2C[C@@H](C(=O)NC3(c4ccc5c(c4)OC(F)(F)O5)CC3)c3ccc(OC)cc3O2)C1. The van der Waals surface area contributed by atoms with Crippen LogP contribution in [-0.4, -0.2) is 38.5 Å². The lowest BCUT2D eigenvalue weighted by Crippen LogP contribution is -2.43. The molecule has 1 amide bonds. The van der Waals surface area contributed by atoms with E-state index in [0.29, 0.717) is 42.7 Å². The Kier molecular flexibility index (Phi) is 6.31. The molecule has 208 valence electrons. The number of hydrogen-bond donors (Lipinski definition) is 1. The zero-order valence-corrected chi connectivity index (χ0v) is 21.8.